The summed E-state index contributed by atoms with van der Waals surface area (Å²) in [5, 5.41) is 3.24. The zero-order valence-corrected chi connectivity index (χ0v) is 13.2. The van der Waals surface area contributed by atoms with Crippen LogP contribution in [0.1, 0.15) is 59.8 Å². The molecule has 2 atom stereocenters. The fourth-order valence-corrected chi connectivity index (χ4v) is 2.59. The molecule has 1 saturated heterocycles. The van der Waals surface area contributed by atoms with E-state index in [9.17, 15) is 4.79 Å². The number of rotatable bonds is 7. The second kappa shape index (κ2) is 8.57. The third-order valence-corrected chi connectivity index (χ3v) is 4.40. The van der Waals surface area contributed by atoms with E-state index < -0.39 is 0 Å². The molecule has 1 aliphatic heterocycles. The quantitative estimate of drug-likeness (QED) is 0.769. The third kappa shape index (κ3) is 5.94. The summed E-state index contributed by atoms with van der Waals surface area (Å²) in [6.07, 6.45) is 6.06. The molecule has 0 radical (unpaired) electrons. The minimum atomic E-state index is 0.135. The maximum Gasteiger partial charge on any atom is 0.223 e. The molecule has 0 spiro atoms. The van der Waals surface area contributed by atoms with Crippen molar-refractivity contribution < 1.29 is 4.79 Å². The SMILES string of the molecule is CCC(C)C(=O)N[C@H](CCN1CCCCC1)C(C)C. The van der Waals surface area contributed by atoms with E-state index in [1.807, 2.05) is 6.92 Å². The smallest absolute Gasteiger partial charge is 0.223 e. The molecule has 0 aromatic rings. The number of hydrogen-bond donors (Lipinski definition) is 1. The molecule has 0 aromatic heterocycles. The van der Waals surface area contributed by atoms with Gasteiger partial charge in [-0.3, -0.25) is 4.79 Å². The van der Waals surface area contributed by atoms with Crippen molar-refractivity contribution in [1.29, 1.82) is 0 Å². The minimum Gasteiger partial charge on any atom is -0.353 e. The van der Waals surface area contributed by atoms with Crippen LogP contribution in [0, 0.1) is 11.8 Å². The summed E-state index contributed by atoms with van der Waals surface area (Å²) in [4.78, 5) is 14.6. The molecule has 1 fully saturated rings. The number of carbonyl (C=O) groups is 1. The van der Waals surface area contributed by atoms with Crippen LogP contribution in [0.5, 0.6) is 0 Å². The maximum atomic E-state index is 12.0. The van der Waals surface area contributed by atoms with E-state index in [1.54, 1.807) is 0 Å². The molecule has 0 aliphatic carbocycles. The Bertz CT molecular complexity index is 259. The van der Waals surface area contributed by atoms with Gasteiger partial charge in [0.1, 0.15) is 0 Å². The lowest BCUT2D eigenvalue weighted by molar-refractivity contribution is -0.125. The number of hydrogen-bond acceptors (Lipinski definition) is 2. The van der Waals surface area contributed by atoms with Gasteiger partial charge >= 0.3 is 0 Å². The first-order valence-corrected chi connectivity index (χ1v) is 8.07. The second-order valence-electron chi connectivity index (χ2n) is 6.36. The number of likely N-dealkylation sites (tertiary alicyclic amines) is 1. The van der Waals surface area contributed by atoms with Crippen LogP contribution in [-0.4, -0.2) is 36.5 Å². The van der Waals surface area contributed by atoms with Gasteiger partial charge in [0.2, 0.25) is 5.91 Å². The Morgan fingerprint density at radius 3 is 2.32 bits per heavy atom. The number of carbonyl (C=O) groups excluding carboxylic acids is 1. The van der Waals surface area contributed by atoms with Crippen molar-refractivity contribution in [1.82, 2.24) is 10.2 Å². The van der Waals surface area contributed by atoms with Crippen LogP contribution in [0.4, 0.5) is 0 Å². The van der Waals surface area contributed by atoms with Gasteiger partial charge in [0.05, 0.1) is 0 Å². The molecular formula is C16H32N2O. The van der Waals surface area contributed by atoms with Crippen LogP contribution >= 0.6 is 0 Å². The van der Waals surface area contributed by atoms with Crippen molar-refractivity contribution in [2.75, 3.05) is 19.6 Å². The first-order valence-electron chi connectivity index (χ1n) is 8.07. The monoisotopic (exact) mass is 268 g/mol. The Hall–Kier alpha value is -0.570. The number of piperidine rings is 1. The molecule has 1 amide bonds. The van der Waals surface area contributed by atoms with E-state index in [0.29, 0.717) is 12.0 Å². The Kier molecular flexibility index (Phi) is 7.44. The number of nitrogens with zero attached hydrogens (tertiary/aromatic N) is 1. The highest BCUT2D eigenvalue weighted by Crippen LogP contribution is 2.13. The van der Waals surface area contributed by atoms with E-state index in [0.717, 1.165) is 19.4 Å². The van der Waals surface area contributed by atoms with Crippen LogP contribution in [0.25, 0.3) is 0 Å². The highest BCUT2D eigenvalue weighted by Gasteiger charge is 2.20. The molecule has 112 valence electrons. The fraction of sp³-hybridized carbons (Fsp3) is 0.938. The Morgan fingerprint density at radius 2 is 1.79 bits per heavy atom. The van der Waals surface area contributed by atoms with Crippen molar-refractivity contribution in [2.45, 2.75) is 65.8 Å². The van der Waals surface area contributed by atoms with Crippen LogP contribution in [0.3, 0.4) is 0 Å². The van der Waals surface area contributed by atoms with Gasteiger partial charge in [-0.25, -0.2) is 0 Å². The molecule has 1 aliphatic rings. The predicted molar refractivity (Wildman–Crippen MR) is 81.1 cm³/mol. The zero-order valence-electron chi connectivity index (χ0n) is 13.2. The number of nitrogens with one attached hydrogen (secondary N) is 1. The molecule has 1 rings (SSSR count). The lowest BCUT2D eigenvalue weighted by Gasteiger charge is -2.30. The van der Waals surface area contributed by atoms with E-state index in [-0.39, 0.29) is 11.8 Å². The normalized spacial score (nSPS) is 20.3. The van der Waals surface area contributed by atoms with Crippen molar-refractivity contribution in [2.24, 2.45) is 11.8 Å². The van der Waals surface area contributed by atoms with Gasteiger partial charge in [-0.05, 0) is 44.7 Å². The van der Waals surface area contributed by atoms with Gasteiger partial charge < -0.3 is 10.2 Å². The van der Waals surface area contributed by atoms with Crippen molar-refractivity contribution in [3.63, 3.8) is 0 Å². The molecule has 0 bridgehead atoms. The summed E-state index contributed by atoms with van der Waals surface area (Å²) in [5.41, 5.74) is 0. The van der Waals surface area contributed by atoms with Gasteiger partial charge in [0.15, 0.2) is 0 Å². The Labute approximate surface area is 119 Å². The fourth-order valence-electron chi connectivity index (χ4n) is 2.59. The first kappa shape index (κ1) is 16.5. The van der Waals surface area contributed by atoms with Crippen molar-refractivity contribution in [3.05, 3.63) is 0 Å². The zero-order chi connectivity index (χ0) is 14.3. The summed E-state index contributed by atoms with van der Waals surface area (Å²) >= 11 is 0. The highest BCUT2D eigenvalue weighted by molar-refractivity contribution is 5.78. The van der Waals surface area contributed by atoms with Gasteiger partial charge in [-0.1, -0.05) is 34.1 Å². The standard InChI is InChI=1S/C16H32N2O/c1-5-14(4)16(19)17-15(13(2)3)9-12-18-10-7-6-8-11-18/h13-15H,5-12H2,1-4H3,(H,17,19)/t14?,15-/m1/s1. The molecule has 19 heavy (non-hydrogen) atoms. The van der Waals surface area contributed by atoms with Crippen LogP contribution in [0.15, 0.2) is 0 Å². The topological polar surface area (TPSA) is 32.3 Å². The van der Waals surface area contributed by atoms with E-state index in [1.165, 1.54) is 32.4 Å². The van der Waals surface area contributed by atoms with Gasteiger partial charge in [0.25, 0.3) is 0 Å². The van der Waals surface area contributed by atoms with Crippen LogP contribution in [0.2, 0.25) is 0 Å². The van der Waals surface area contributed by atoms with E-state index >= 15 is 0 Å². The second-order valence-corrected chi connectivity index (χ2v) is 6.36. The maximum absolute atomic E-state index is 12.0. The first-order chi connectivity index (χ1) is 9.04. The molecule has 0 saturated carbocycles. The molecule has 3 heteroatoms. The summed E-state index contributed by atoms with van der Waals surface area (Å²) in [6.45, 7) is 12.1. The summed E-state index contributed by atoms with van der Waals surface area (Å²) in [6, 6.07) is 0.323. The molecule has 1 unspecified atom stereocenters. The van der Waals surface area contributed by atoms with Gasteiger partial charge in [0, 0.05) is 18.5 Å². The predicted octanol–water partition coefficient (Wildman–Crippen LogP) is 3.05. The summed E-state index contributed by atoms with van der Waals surface area (Å²) in [5.74, 6) is 0.869. The van der Waals surface area contributed by atoms with Gasteiger partial charge in [-0.2, -0.15) is 0 Å². The number of amides is 1. The largest absolute Gasteiger partial charge is 0.353 e. The molecule has 3 nitrogen and oxygen atoms in total. The third-order valence-electron chi connectivity index (χ3n) is 4.40. The Balaban J connectivity index is 2.37. The van der Waals surface area contributed by atoms with Crippen LogP contribution in [-0.2, 0) is 4.79 Å². The van der Waals surface area contributed by atoms with Gasteiger partial charge in [-0.15, -0.1) is 0 Å². The highest BCUT2D eigenvalue weighted by atomic mass is 16.1. The van der Waals surface area contributed by atoms with E-state index in [4.69, 9.17) is 0 Å². The molecule has 1 N–H and O–H groups in total. The van der Waals surface area contributed by atoms with Crippen LogP contribution < -0.4 is 5.32 Å². The molecular weight excluding hydrogens is 236 g/mol. The lowest BCUT2D eigenvalue weighted by atomic mass is 9.98. The lowest BCUT2D eigenvalue weighted by Crippen LogP contribution is -2.43. The Morgan fingerprint density at radius 1 is 1.16 bits per heavy atom. The average Bonchev–Trinajstić information content (AvgIpc) is 2.42. The van der Waals surface area contributed by atoms with E-state index in [2.05, 4.69) is 31.0 Å². The molecule has 0 aromatic carbocycles. The molecule has 1 heterocycles. The van der Waals surface area contributed by atoms with Crippen molar-refractivity contribution >= 4 is 5.91 Å². The summed E-state index contributed by atoms with van der Waals surface area (Å²) in [7, 11) is 0. The minimum absolute atomic E-state index is 0.135. The average molecular weight is 268 g/mol. The summed E-state index contributed by atoms with van der Waals surface area (Å²) < 4.78 is 0. The van der Waals surface area contributed by atoms with Crippen molar-refractivity contribution in [3.8, 4) is 0 Å².